The summed E-state index contributed by atoms with van der Waals surface area (Å²) in [5.74, 6) is 0.974. The second-order valence-electron chi connectivity index (χ2n) is 4.21. The Morgan fingerprint density at radius 1 is 1.35 bits per heavy atom. The highest BCUT2D eigenvalue weighted by molar-refractivity contribution is 5.85. The van der Waals surface area contributed by atoms with Crippen molar-refractivity contribution >= 4 is 12.4 Å². The van der Waals surface area contributed by atoms with Gasteiger partial charge in [0, 0.05) is 24.7 Å². The van der Waals surface area contributed by atoms with Crippen LogP contribution in [-0.4, -0.2) is 31.1 Å². The van der Waals surface area contributed by atoms with Crippen LogP contribution in [0.5, 0.6) is 5.75 Å². The highest BCUT2D eigenvalue weighted by atomic mass is 35.5. The molecule has 0 spiro atoms. The second kappa shape index (κ2) is 8.34. The molecule has 0 aliphatic heterocycles. The van der Waals surface area contributed by atoms with Gasteiger partial charge in [0.25, 0.3) is 0 Å². The summed E-state index contributed by atoms with van der Waals surface area (Å²) in [6.45, 7) is 6.49. The minimum absolute atomic E-state index is 0. The van der Waals surface area contributed by atoms with Gasteiger partial charge in [0.2, 0.25) is 0 Å². The van der Waals surface area contributed by atoms with E-state index in [0.29, 0.717) is 6.61 Å². The zero-order chi connectivity index (χ0) is 12.0. The molecule has 1 aromatic rings. The molecule has 1 unspecified atom stereocenters. The molecule has 0 radical (unpaired) electrons. The van der Waals surface area contributed by atoms with E-state index in [4.69, 9.17) is 10.5 Å². The Labute approximate surface area is 110 Å². The van der Waals surface area contributed by atoms with E-state index < -0.39 is 0 Å². The molecular weight excluding hydrogens is 236 g/mol. The maximum absolute atomic E-state index is 5.77. The van der Waals surface area contributed by atoms with Crippen LogP contribution in [0.2, 0.25) is 0 Å². The summed E-state index contributed by atoms with van der Waals surface area (Å²) in [6.07, 6.45) is 0. The summed E-state index contributed by atoms with van der Waals surface area (Å²) in [5, 5.41) is 0. The number of hydrogen-bond acceptors (Lipinski definition) is 3. The van der Waals surface area contributed by atoms with Gasteiger partial charge in [-0.1, -0.05) is 18.2 Å². The smallest absolute Gasteiger partial charge is 0.123 e. The van der Waals surface area contributed by atoms with Gasteiger partial charge in [-0.05, 0) is 27.0 Å². The van der Waals surface area contributed by atoms with Crippen LogP contribution in [0.1, 0.15) is 19.4 Å². The Balaban J connectivity index is 0.00000256. The first kappa shape index (κ1) is 16.2. The van der Waals surface area contributed by atoms with Crippen LogP contribution in [0, 0.1) is 0 Å². The highest BCUT2D eigenvalue weighted by Crippen LogP contribution is 2.19. The molecule has 3 nitrogen and oxygen atoms in total. The van der Waals surface area contributed by atoms with Crippen molar-refractivity contribution in [3.63, 3.8) is 0 Å². The van der Waals surface area contributed by atoms with Gasteiger partial charge in [0.15, 0.2) is 0 Å². The minimum atomic E-state index is 0. The van der Waals surface area contributed by atoms with E-state index in [0.717, 1.165) is 18.8 Å². The molecule has 1 rings (SSSR count). The lowest BCUT2D eigenvalue weighted by atomic mass is 10.2. The van der Waals surface area contributed by atoms with Crippen molar-refractivity contribution in [1.82, 2.24) is 4.90 Å². The predicted molar refractivity (Wildman–Crippen MR) is 74.8 cm³/mol. The third-order valence-corrected chi connectivity index (χ3v) is 2.31. The van der Waals surface area contributed by atoms with E-state index >= 15 is 0 Å². The van der Waals surface area contributed by atoms with Gasteiger partial charge in [-0.25, -0.2) is 0 Å². The molecule has 0 saturated heterocycles. The lowest BCUT2D eigenvalue weighted by Gasteiger charge is -2.20. The molecule has 17 heavy (non-hydrogen) atoms. The molecule has 0 bridgehead atoms. The molecule has 0 aliphatic carbocycles. The Bertz CT molecular complexity index is 318. The third-order valence-electron chi connectivity index (χ3n) is 2.31. The van der Waals surface area contributed by atoms with Gasteiger partial charge >= 0.3 is 0 Å². The molecule has 0 aromatic heterocycles. The molecule has 0 heterocycles. The number of para-hydroxylation sites is 1. The summed E-state index contributed by atoms with van der Waals surface area (Å²) >= 11 is 0. The molecule has 2 N–H and O–H groups in total. The number of halogens is 1. The lowest BCUT2D eigenvalue weighted by molar-refractivity contribution is 0.293. The fourth-order valence-corrected chi connectivity index (χ4v) is 1.78. The van der Waals surface area contributed by atoms with Gasteiger partial charge in [-0.3, -0.25) is 0 Å². The SMILES string of the molecule is CCOc1ccccc1CN(C)CC(C)N.Cl. The second-order valence-corrected chi connectivity index (χ2v) is 4.21. The van der Waals surface area contributed by atoms with E-state index in [1.54, 1.807) is 0 Å². The van der Waals surface area contributed by atoms with E-state index in [1.165, 1.54) is 5.56 Å². The summed E-state index contributed by atoms with van der Waals surface area (Å²) in [4.78, 5) is 2.21. The number of likely N-dealkylation sites (N-methyl/N-ethyl adjacent to an activating group) is 1. The quantitative estimate of drug-likeness (QED) is 0.851. The van der Waals surface area contributed by atoms with E-state index in [-0.39, 0.29) is 18.4 Å². The molecule has 98 valence electrons. The predicted octanol–water partition coefficient (Wildman–Crippen LogP) is 2.29. The van der Waals surface area contributed by atoms with Crippen molar-refractivity contribution < 1.29 is 4.74 Å². The fraction of sp³-hybridized carbons (Fsp3) is 0.538. The minimum Gasteiger partial charge on any atom is -0.494 e. The summed E-state index contributed by atoms with van der Waals surface area (Å²) in [5.41, 5.74) is 6.99. The number of hydrogen-bond donors (Lipinski definition) is 1. The Morgan fingerprint density at radius 2 is 2.00 bits per heavy atom. The van der Waals surface area contributed by atoms with Crippen molar-refractivity contribution in [1.29, 1.82) is 0 Å². The van der Waals surface area contributed by atoms with Crippen LogP contribution < -0.4 is 10.5 Å². The van der Waals surface area contributed by atoms with Crippen LogP contribution >= 0.6 is 12.4 Å². The van der Waals surface area contributed by atoms with Crippen LogP contribution in [0.15, 0.2) is 24.3 Å². The van der Waals surface area contributed by atoms with Gasteiger partial charge in [0.05, 0.1) is 6.61 Å². The Hall–Kier alpha value is -0.770. The van der Waals surface area contributed by atoms with Crippen molar-refractivity contribution in [3.8, 4) is 5.75 Å². The zero-order valence-corrected chi connectivity index (χ0v) is 11.7. The summed E-state index contributed by atoms with van der Waals surface area (Å²) in [6, 6.07) is 8.35. The van der Waals surface area contributed by atoms with E-state index in [9.17, 15) is 0 Å². The van der Waals surface area contributed by atoms with Crippen LogP contribution in [-0.2, 0) is 6.54 Å². The van der Waals surface area contributed by atoms with Crippen LogP contribution in [0.25, 0.3) is 0 Å². The fourth-order valence-electron chi connectivity index (χ4n) is 1.78. The first-order chi connectivity index (χ1) is 7.63. The van der Waals surface area contributed by atoms with Gasteiger partial charge in [-0.15, -0.1) is 12.4 Å². The first-order valence-electron chi connectivity index (χ1n) is 5.78. The molecule has 0 aliphatic rings. The highest BCUT2D eigenvalue weighted by Gasteiger charge is 2.07. The molecule has 1 aromatic carbocycles. The van der Waals surface area contributed by atoms with Crippen LogP contribution in [0.4, 0.5) is 0 Å². The number of rotatable bonds is 6. The number of nitrogens with zero attached hydrogens (tertiary/aromatic N) is 1. The zero-order valence-electron chi connectivity index (χ0n) is 10.8. The van der Waals surface area contributed by atoms with Crippen molar-refractivity contribution in [2.45, 2.75) is 26.4 Å². The lowest BCUT2D eigenvalue weighted by Crippen LogP contribution is -2.32. The van der Waals surface area contributed by atoms with E-state index in [1.807, 2.05) is 32.0 Å². The van der Waals surface area contributed by atoms with Gasteiger partial charge < -0.3 is 15.4 Å². The molecule has 0 fully saturated rings. The van der Waals surface area contributed by atoms with Gasteiger partial charge in [0.1, 0.15) is 5.75 Å². The largest absolute Gasteiger partial charge is 0.494 e. The summed E-state index contributed by atoms with van der Waals surface area (Å²) < 4.78 is 5.58. The maximum atomic E-state index is 5.77. The third kappa shape index (κ3) is 5.91. The maximum Gasteiger partial charge on any atom is 0.123 e. The number of benzene rings is 1. The normalized spacial score (nSPS) is 12.1. The average Bonchev–Trinajstić information content (AvgIpc) is 2.20. The van der Waals surface area contributed by atoms with Crippen molar-refractivity contribution in [3.05, 3.63) is 29.8 Å². The van der Waals surface area contributed by atoms with Crippen molar-refractivity contribution in [2.75, 3.05) is 20.2 Å². The molecular formula is C13H23ClN2O. The number of nitrogens with two attached hydrogens (primary N) is 1. The monoisotopic (exact) mass is 258 g/mol. The average molecular weight is 259 g/mol. The Kier molecular flexibility index (Phi) is 7.96. The first-order valence-corrected chi connectivity index (χ1v) is 5.78. The van der Waals surface area contributed by atoms with Crippen LogP contribution in [0.3, 0.4) is 0 Å². The summed E-state index contributed by atoms with van der Waals surface area (Å²) in [7, 11) is 2.08. The number of ether oxygens (including phenoxy) is 1. The molecule has 4 heteroatoms. The van der Waals surface area contributed by atoms with E-state index in [2.05, 4.69) is 18.0 Å². The topological polar surface area (TPSA) is 38.5 Å². The van der Waals surface area contributed by atoms with Gasteiger partial charge in [-0.2, -0.15) is 0 Å². The standard InChI is InChI=1S/C13H22N2O.ClH/c1-4-16-13-8-6-5-7-12(13)10-15(3)9-11(2)14;/h5-8,11H,4,9-10,14H2,1-3H3;1H. The molecule has 0 amide bonds. The van der Waals surface area contributed by atoms with Crippen molar-refractivity contribution in [2.24, 2.45) is 5.73 Å². The Morgan fingerprint density at radius 3 is 2.59 bits per heavy atom. The molecule has 1 atom stereocenters. The molecule has 0 saturated carbocycles.